The van der Waals surface area contributed by atoms with Gasteiger partial charge in [-0.05, 0) is 12.8 Å². The molecular weight excluding hydrogens is 174 g/mol. The maximum Gasteiger partial charge on any atom is 0.268 e. The third kappa shape index (κ3) is 11.4. The number of hydrogen-bond acceptors (Lipinski definition) is 1. The highest BCUT2D eigenvalue weighted by molar-refractivity contribution is 5.57. The fourth-order valence-electron chi connectivity index (χ4n) is 1.50. The molecule has 82 valence electrons. The third-order valence-corrected chi connectivity index (χ3v) is 2.37. The Labute approximate surface area is 87.8 Å². The van der Waals surface area contributed by atoms with E-state index in [1.165, 1.54) is 44.9 Å². The second-order valence-corrected chi connectivity index (χ2v) is 3.71. The van der Waals surface area contributed by atoms with E-state index in [0.29, 0.717) is 6.61 Å². The van der Waals surface area contributed by atoms with E-state index in [1.807, 2.05) is 6.21 Å². The van der Waals surface area contributed by atoms with Crippen molar-refractivity contribution < 1.29 is 5.11 Å². The van der Waals surface area contributed by atoms with Gasteiger partial charge < -0.3 is 5.11 Å². The van der Waals surface area contributed by atoms with Gasteiger partial charge in [-0.15, -0.1) is 4.67 Å². The maximum absolute atomic E-state index is 8.57. The zero-order valence-electron chi connectivity index (χ0n) is 9.25. The van der Waals surface area contributed by atoms with Crippen LogP contribution in [-0.2, 0) is 0 Å². The van der Waals surface area contributed by atoms with Crippen LogP contribution in [0.15, 0.2) is 0 Å². The van der Waals surface area contributed by atoms with Crippen LogP contribution in [0.1, 0.15) is 57.8 Å². The molecule has 0 fully saturated rings. The first-order valence-electron chi connectivity index (χ1n) is 5.80. The second-order valence-electron chi connectivity index (χ2n) is 3.71. The van der Waals surface area contributed by atoms with Crippen LogP contribution < -0.4 is 4.67 Å². The van der Waals surface area contributed by atoms with Crippen molar-refractivity contribution in [2.24, 2.45) is 0 Å². The zero-order chi connectivity index (χ0) is 10.5. The predicted molar refractivity (Wildman–Crippen MR) is 64.0 cm³/mol. The highest BCUT2D eigenvalue weighted by atomic mass is 16.2. The van der Waals surface area contributed by atoms with Gasteiger partial charge in [0.1, 0.15) is 0 Å². The lowest BCUT2D eigenvalue weighted by Gasteiger charge is -1.99. The molecule has 2 heteroatoms. The normalized spacial score (nSPS) is 9.79. The largest absolute Gasteiger partial charge is 0.396 e. The molecule has 0 saturated carbocycles. The Morgan fingerprint density at radius 2 is 1.36 bits per heavy atom. The van der Waals surface area contributed by atoms with Crippen molar-refractivity contribution in [3.63, 3.8) is 0 Å². The first-order chi connectivity index (χ1) is 6.91. The minimum absolute atomic E-state index is 0.352. The molecule has 2 nitrogen and oxygen atoms in total. The summed E-state index contributed by atoms with van der Waals surface area (Å²) in [6.45, 7) is 3.76. The lowest BCUT2D eigenvalue weighted by molar-refractivity contribution is 0.282. The van der Waals surface area contributed by atoms with Crippen LogP contribution in [0.5, 0.6) is 0 Å². The summed E-state index contributed by atoms with van der Waals surface area (Å²) < 4.78 is 3.70. The summed E-state index contributed by atoms with van der Waals surface area (Å²) in [5.41, 5.74) is 0. The van der Waals surface area contributed by atoms with Crippen LogP contribution in [-0.4, -0.2) is 24.6 Å². The molecule has 14 heavy (non-hydrogen) atoms. The average molecular weight is 198 g/mol. The standard InChI is InChI=1S/C12H24NO/c1-13-11-9-7-5-3-2-4-6-8-10-12-14/h11,14H,1-10,12H2/q+1. The topological polar surface area (TPSA) is 34.3 Å². The summed E-state index contributed by atoms with van der Waals surface area (Å²) >= 11 is 0. The summed E-state index contributed by atoms with van der Waals surface area (Å²) in [5, 5.41) is 8.57. The molecule has 0 atom stereocenters. The van der Waals surface area contributed by atoms with Gasteiger partial charge in [-0.3, -0.25) is 0 Å². The molecule has 0 radical (unpaired) electrons. The number of aliphatic hydroxyl groups is 1. The Kier molecular flexibility index (Phi) is 11.9. The number of rotatable bonds is 10. The van der Waals surface area contributed by atoms with Crippen LogP contribution >= 0.6 is 0 Å². The smallest absolute Gasteiger partial charge is 0.268 e. The predicted octanol–water partition coefficient (Wildman–Crippen LogP) is 2.33. The Morgan fingerprint density at radius 3 is 1.86 bits per heavy atom. The molecule has 0 aromatic carbocycles. The van der Waals surface area contributed by atoms with E-state index in [0.717, 1.165) is 12.8 Å². The quantitative estimate of drug-likeness (QED) is 0.326. The maximum atomic E-state index is 8.57. The molecule has 0 spiro atoms. The minimum atomic E-state index is 0.352. The van der Waals surface area contributed by atoms with Crippen molar-refractivity contribution in [1.82, 2.24) is 4.67 Å². The van der Waals surface area contributed by atoms with Crippen LogP contribution in [0.25, 0.3) is 0 Å². The lowest BCUT2D eigenvalue weighted by atomic mass is 10.1. The lowest BCUT2D eigenvalue weighted by Crippen LogP contribution is -1.85. The summed E-state index contributed by atoms with van der Waals surface area (Å²) in [5.74, 6) is 0. The molecule has 0 unspecified atom stereocenters. The van der Waals surface area contributed by atoms with Crippen LogP contribution in [0.2, 0.25) is 0 Å². The van der Waals surface area contributed by atoms with Gasteiger partial charge in [0.25, 0.3) is 12.9 Å². The molecule has 0 heterocycles. The molecule has 0 saturated heterocycles. The summed E-state index contributed by atoms with van der Waals surface area (Å²) in [6.07, 6.45) is 13.0. The molecule has 0 aromatic heterocycles. The van der Waals surface area contributed by atoms with Crippen LogP contribution in [0, 0.1) is 0 Å². The number of nitrogens with zero attached hydrogens (tertiary/aromatic N) is 1. The molecule has 0 aliphatic heterocycles. The van der Waals surface area contributed by atoms with E-state index in [-0.39, 0.29) is 0 Å². The van der Waals surface area contributed by atoms with Gasteiger partial charge in [0.15, 0.2) is 0 Å². The van der Waals surface area contributed by atoms with Crippen LogP contribution in [0.4, 0.5) is 0 Å². The van der Waals surface area contributed by atoms with Gasteiger partial charge in [-0.2, -0.15) is 0 Å². The van der Waals surface area contributed by atoms with Crippen molar-refractivity contribution in [2.75, 3.05) is 6.61 Å². The van der Waals surface area contributed by atoms with Gasteiger partial charge in [0.05, 0.1) is 0 Å². The van der Waals surface area contributed by atoms with Gasteiger partial charge in [-0.25, -0.2) is 0 Å². The summed E-state index contributed by atoms with van der Waals surface area (Å²) in [6, 6.07) is 0. The first kappa shape index (κ1) is 13.4. The first-order valence-corrected chi connectivity index (χ1v) is 5.80. The molecule has 1 N–H and O–H groups in total. The van der Waals surface area contributed by atoms with Crippen molar-refractivity contribution in [1.29, 1.82) is 0 Å². The average Bonchev–Trinajstić information content (AvgIpc) is 2.21. The third-order valence-electron chi connectivity index (χ3n) is 2.37. The van der Waals surface area contributed by atoms with E-state index in [2.05, 4.69) is 11.4 Å². The van der Waals surface area contributed by atoms with E-state index >= 15 is 0 Å². The Bertz CT molecular complexity index is 150. The van der Waals surface area contributed by atoms with Gasteiger partial charge in [0, 0.05) is 13.0 Å². The minimum Gasteiger partial charge on any atom is -0.396 e. The van der Waals surface area contributed by atoms with E-state index in [9.17, 15) is 0 Å². The molecule has 0 aromatic rings. The van der Waals surface area contributed by atoms with Crippen molar-refractivity contribution in [3.05, 3.63) is 0 Å². The fourth-order valence-corrected chi connectivity index (χ4v) is 1.50. The van der Waals surface area contributed by atoms with E-state index in [1.54, 1.807) is 0 Å². The summed E-state index contributed by atoms with van der Waals surface area (Å²) in [4.78, 5) is 0. The highest BCUT2D eigenvalue weighted by Gasteiger charge is 1.92. The Balaban J connectivity index is 2.88. The number of aliphatic hydroxyl groups excluding tert-OH is 1. The summed E-state index contributed by atoms with van der Waals surface area (Å²) in [7, 11) is 0. The molecule has 0 amide bonds. The van der Waals surface area contributed by atoms with Crippen LogP contribution in [0.3, 0.4) is 0 Å². The molecule has 0 aliphatic carbocycles. The SMILES string of the molecule is C=[N+]=CCCCCCCCCCCO. The fraction of sp³-hybridized carbons (Fsp3) is 0.833. The number of unbranched alkanes of at least 4 members (excludes halogenated alkanes) is 8. The molecule has 0 bridgehead atoms. The van der Waals surface area contributed by atoms with E-state index < -0.39 is 0 Å². The second kappa shape index (κ2) is 12.4. The number of hydrogen-bond donors (Lipinski definition) is 1. The van der Waals surface area contributed by atoms with Gasteiger partial charge in [-0.1, -0.05) is 38.5 Å². The Morgan fingerprint density at radius 1 is 0.857 bits per heavy atom. The molecular formula is C12H24NO+. The molecule has 0 rings (SSSR count). The van der Waals surface area contributed by atoms with Crippen molar-refractivity contribution in [2.45, 2.75) is 57.8 Å². The van der Waals surface area contributed by atoms with E-state index in [4.69, 9.17) is 5.11 Å². The molecule has 0 aliphatic rings. The van der Waals surface area contributed by atoms with Gasteiger partial charge >= 0.3 is 0 Å². The highest BCUT2D eigenvalue weighted by Crippen LogP contribution is 2.08. The van der Waals surface area contributed by atoms with Crippen molar-refractivity contribution >= 4 is 12.9 Å². The monoisotopic (exact) mass is 198 g/mol. The van der Waals surface area contributed by atoms with Crippen molar-refractivity contribution in [3.8, 4) is 0 Å². The zero-order valence-corrected chi connectivity index (χ0v) is 9.25. The van der Waals surface area contributed by atoms with Gasteiger partial charge in [0.2, 0.25) is 0 Å². The Hall–Kier alpha value is -0.590.